The van der Waals surface area contributed by atoms with Gasteiger partial charge in [0, 0.05) is 5.69 Å². The molecular weight excluding hydrogens is 294 g/mol. The van der Waals surface area contributed by atoms with Gasteiger partial charge in [0.2, 0.25) is 5.91 Å². The third-order valence-corrected chi connectivity index (χ3v) is 3.51. The second-order valence-corrected chi connectivity index (χ2v) is 5.67. The van der Waals surface area contributed by atoms with E-state index in [4.69, 9.17) is 5.73 Å². The van der Waals surface area contributed by atoms with Crippen molar-refractivity contribution >= 4 is 17.6 Å². The largest absolute Gasteiger partial charge is 0.480 e. The van der Waals surface area contributed by atoms with E-state index in [0.717, 1.165) is 31.2 Å². The maximum absolute atomic E-state index is 12.0. The summed E-state index contributed by atoms with van der Waals surface area (Å²) in [5.41, 5.74) is 7.14. The summed E-state index contributed by atoms with van der Waals surface area (Å²) in [6, 6.07) is 6.54. The summed E-state index contributed by atoms with van der Waals surface area (Å²) in [5.74, 6) is -1.31. The fraction of sp³-hybridized carbons (Fsp3) is 0.529. The van der Waals surface area contributed by atoms with Crippen molar-refractivity contribution in [3.05, 3.63) is 29.8 Å². The van der Waals surface area contributed by atoms with E-state index in [1.54, 1.807) is 6.07 Å². The second-order valence-electron chi connectivity index (χ2n) is 5.67. The lowest BCUT2D eigenvalue weighted by atomic mass is 10.1. The van der Waals surface area contributed by atoms with E-state index in [1.807, 2.05) is 25.1 Å². The molecule has 1 aromatic rings. The average Bonchev–Trinajstić information content (AvgIpc) is 2.49. The Balaban J connectivity index is 2.36. The molecule has 1 aromatic carbocycles. The first-order valence-electron chi connectivity index (χ1n) is 8.05. The number of unbranched alkanes of at least 4 members (excludes halogenated alkanes) is 3. The smallest absolute Gasteiger partial charge is 0.321 e. The number of rotatable bonds is 11. The van der Waals surface area contributed by atoms with Crippen LogP contribution in [-0.2, 0) is 9.59 Å². The molecule has 1 atom stereocenters. The Kier molecular flexibility index (Phi) is 8.94. The lowest BCUT2D eigenvalue weighted by Crippen LogP contribution is -2.40. The predicted molar refractivity (Wildman–Crippen MR) is 91.4 cm³/mol. The predicted octanol–water partition coefficient (Wildman–Crippen LogP) is 1.89. The van der Waals surface area contributed by atoms with E-state index in [-0.39, 0.29) is 12.3 Å². The van der Waals surface area contributed by atoms with Crippen LogP contribution in [0.2, 0.25) is 0 Å². The number of aliphatic carboxylic acids is 1. The molecular formula is C17H27N3O3. The topological polar surface area (TPSA) is 104 Å². The SMILES string of the molecule is Cc1cccc(NC(=O)C[C@@H](NCCCCCCN)C(=O)O)c1. The quantitative estimate of drug-likeness (QED) is 0.466. The van der Waals surface area contributed by atoms with Gasteiger partial charge in [-0.15, -0.1) is 0 Å². The fourth-order valence-corrected chi connectivity index (χ4v) is 2.27. The van der Waals surface area contributed by atoms with Gasteiger partial charge < -0.3 is 21.5 Å². The number of hydrogen-bond donors (Lipinski definition) is 4. The molecule has 0 radical (unpaired) electrons. The zero-order chi connectivity index (χ0) is 17.1. The van der Waals surface area contributed by atoms with E-state index in [9.17, 15) is 14.7 Å². The van der Waals surface area contributed by atoms with Crippen molar-refractivity contribution in [2.75, 3.05) is 18.4 Å². The third kappa shape index (κ3) is 8.32. The van der Waals surface area contributed by atoms with Crippen molar-refractivity contribution < 1.29 is 14.7 Å². The fourth-order valence-electron chi connectivity index (χ4n) is 2.27. The minimum absolute atomic E-state index is 0.0912. The molecule has 6 heteroatoms. The Hall–Kier alpha value is -1.92. The number of nitrogens with two attached hydrogens (primary N) is 1. The number of benzene rings is 1. The Morgan fingerprint density at radius 1 is 1.22 bits per heavy atom. The molecule has 0 saturated carbocycles. The van der Waals surface area contributed by atoms with E-state index in [1.165, 1.54) is 0 Å². The molecule has 1 amide bonds. The number of carboxylic acid groups (broad SMARTS) is 1. The summed E-state index contributed by atoms with van der Waals surface area (Å²) in [4.78, 5) is 23.2. The van der Waals surface area contributed by atoms with Crippen molar-refractivity contribution in [2.24, 2.45) is 5.73 Å². The second kappa shape index (κ2) is 10.7. The van der Waals surface area contributed by atoms with Crippen LogP contribution in [-0.4, -0.2) is 36.1 Å². The third-order valence-electron chi connectivity index (χ3n) is 3.51. The number of carboxylic acids is 1. The van der Waals surface area contributed by atoms with E-state index >= 15 is 0 Å². The molecule has 23 heavy (non-hydrogen) atoms. The number of hydrogen-bond acceptors (Lipinski definition) is 4. The molecule has 0 aromatic heterocycles. The molecule has 0 unspecified atom stereocenters. The zero-order valence-corrected chi connectivity index (χ0v) is 13.7. The highest BCUT2D eigenvalue weighted by Crippen LogP contribution is 2.10. The zero-order valence-electron chi connectivity index (χ0n) is 13.7. The van der Waals surface area contributed by atoms with Crippen LogP contribution in [0.15, 0.2) is 24.3 Å². The van der Waals surface area contributed by atoms with Gasteiger partial charge in [-0.3, -0.25) is 9.59 Å². The Bertz CT molecular complexity index is 506. The van der Waals surface area contributed by atoms with Crippen LogP contribution < -0.4 is 16.4 Å². The summed E-state index contributed by atoms with van der Waals surface area (Å²) in [6.45, 7) is 3.20. The molecule has 0 aliphatic rings. The number of carbonyl (C=O) groups is 2. The molecule has 5 N–H and O–H groups in total. The standard InChI is InChI=1S/C17H27N3O3/c1-13-7-6-8-14(11-13)20-16(21)12-15(17(22)23)19-10-5-3-2-4-9-18/h6-8,11,15,19H,2-5,9-10,12,18H2,1H3,(H,20,21)(H,22,23)/t15-/m1/s1. The van der Waals surface area contributed by atoms with Crippen molar-refractivity contribution in [2.45, 2.75) is 45.1 Å². The summed E-state index contributed by atoms with van der Waals surface area (Å²) >= 11 is 0. The van der Waals surface area contributed by atoms with Gasteiger partial charge in [-0.05, 0) is 50.6 Å². The normalized spacial score (nSPS) is 11.9. The summed E-state index contributed by atoms with van der Waals surface area (Å²) < 4.78 is 0. The van der Waals surface area contributed by atoms with Crippen LogP contribution in [0.25, 0.3) is 0 Å². The van der Waals surface area contributed by atoms with Crippen molar-refractivity contribution in [1.29, 1.82) is 0 Å². The van der Waals surface area contributed by atoms with Gasteiger partial charge >= 0.3 is 5.97 Å². The highest BCUT2D eigenvalue weighted by atomic mass is 16.4. The number of nitrogens with one attached hydrogen (secondary N) is 2. The minimum Gasteiger partial charge on any atom is -0.480 e. The van der Waals surface area contributed by atoms with Crippen molar-refractivity contribution in [1.82, 2.24) is 5.32 Å². The van der Waals surface area contributed by atoms with E-state index in [2.05, 4.69) is 10.6 Å². The molecule has 0 heterocycles. The summed E-state index contributed by atoms with van der Waals surface area (Å²) in [5, 5.41) is 14.9. The molecule has 0 spiro atoms. The Morgan fingerprint density at radius 2 is 1.96 bits per heavy atom. The molecule has 0 bridgehead atoms. The Morgan fingerprint density at radius 3 is 2.61 bits per heavy atom. The number of aryl methyl sites for hydroxylation is 1. The van der Waals surface area contributed by atoms with E-state index < -0.39 is 12.0 Å². The summed E-state index contributed by atoms with van der Waals surface area (Å²) in [7, 11) is 0. The van der Waals surface area contributed by atoms with Gasteiger partial charge in [0.05, 0.1) is 6.42 Å². The highest BCUT2D eigenvalue weighted by molar-refractivity contribution is 5.94. The van der Waals surface area contributed by atoms with Gasteiger partial charge in [0.1, 0.15) is 6.04 Å². The first-order chi connectivity index (χ1) is 11.0. The van der Waals surface area contributed by atoms with Crippen molar-refractivity contribution in [3.8, 4) is 0 Å². The molecule has 0 aliphatic heterocycles. The van der Waals surface area contributed by atoms with Gasteiger partial charge in [0.25, 0.3) is 0 Å². The van der Waals surface area contributed by atoms with Gasteiger partial charge in [-0.1, -0.05) is 25.0 Å². The molecule has 0 saturated heterocycles. The first-order valence-corrected chi connectivity index (χ1v) is 8.05. The first kappa shape index (κ1) is 19.1. The van der Waals surface area contributed by atoms with Crippen LogP contribution in [0.4, 0.5) is 5.69 Å². The highest BCUT2D eigenvalue weighted by Gasteiger charge is 2.20. The van der Waals surface area contributed by atoms with Gasteiger partial charge in [-0.25, -0.2) is 0 Å². The minimum atomic E-state index is -1.01. The maximum atomic E-state index is 12.0. The van der Waals surface area contributed by atoms with Crippen LogP contribution in [0.1, 0.15) is 37.7 Å². The molecule has 1 rings (SSSR count). The summed E-state index contributed by atoms with van der Waals surface area (Å²) in [6.07, 6.45) is 3.83. The number of anilines is 1. The maximum Gasteiger partial charge on any atom is 0.321 e. The molecule has 128 valence electrons. The molecule has 6 nitrogen and oxygen atoms in total. The average molecular weight is 321 g/mol. The number of amides is 1. The monoisotopic (exact) mass is 321 g/mol. The lowest BCUT2D eigenvalue weighted by molar-refractivity contribution is -0.141. The van der Waals surface area contributed by atoms with E-state index in [0.29, 0.717) is 18.8 Å². The molecule has 0 aliphatic carbocycles. The molecule has 0 fully saturated rings. The lowest BCUT2D eigenvalue weighted by Gasteiger charge is -2.14. The number of carbonyl (C=O) groups excluding carboxylic acids is 1. The van der Waals surface area contributed by atoms with Crippen LogP contribution >= 0.6 is 0 Å². The van der Waals surface area contributed by atoms with Crippen LogP contribution in [0, 0.1) is 6.92 Å². The Labute approximate surface area is 137 Å². The van der Waals surface area contributed by atoms with Crippen LogP contribution in [0.3, 0.4) is 0 Å². The van der Waals surface area contributed by atoms with Crippen LogP contribution in [0.5, 0.6) is 0 Å². The van der Waals surface area contributed by atoms with Crippen molar-refractivity contribution in [3.63, 3.8) is 0 Å². The van der Waals surface area contributed by atoms with Gasteiger partial charge in [-0.2, -0.15) is 0 Å². The van der Waals surface area contributed by atoms with Gasteiger partial charge in [0.15, 0.2) is 0 Å².